The Balaban J connectivity index is 1.92. The maximum atomic E-state index is 12.2. The van der Waals surface area contributed by atoms with E-state index in [1.807, 2.05) is 12.1 Å². The first-order chi connectivity index (χ1) is 11.6. The van der Waals surface area contributed by atoms with Crippen LogP contribution in [-0.4, -0.2) is 11.8 Å². The Kier molecular flexibility index (Phi) is 6.55. The molecule has 24 heavy (non-hydrogen) atoms. The van der Waals surface area contributed by atoms with Gasteiger partial charge < -0.3 is 10.6 Å². The molecule has 0 bridgehead atoms. The molecule has 0 radical (unpaired) electrons. The first-order valence-corrected chi connectivity index (χ1v) is 8.32. The predicted octanol–water partition coefficient (Wildman–Crippen LogP) is 4.17. The third-order valence-electron chi connectivity index (χ3n) is 3.67. The zero-order valence-electron chi connectivity index (χ0n) is 14.3. The minimum atomic E-state index is -0.137. The summed E-state index contributed by atoms with van der Waals surface area (Å²) in [4.78, 5) is 23.3. The van der Waals surface area contributed by atoms with Crippen molar-refractivity contribution in [3.63, 3.8) is 0 Å². The summed E-state index contributed by atoms with van der Waals surface area (Å²) in [6.45, 7) is 3.63. The molecule has 0 unspecified atom stereocenters. The van der Waals surface area contributed by atoms with Gasteiger partial charge in [-0.05, 0) is 42.2 Å². The molecular weight excluding hydrogens is 300 g/mol. The van der Waals surface area contributed by atoms with Gasteiger partial charge in [-0.15, -0.1) is 0 Å². The van der Waals surface area contributed by atoms with Gasteiger partial charge in [-0.2, -0.15) is 0 Å². The first kappa shape index (κ1) is 17.7. The normalized spacial score (nSPS) is 10.2. The number of carbonyl (C=O) groups excluding carboxylic acids is 2. The molecular formula is C20H24N2O2. The molecule has 0 fully saturated rings. The van der Waals surface area contributed by atoms with Gasteiger partial charge in [-0.25, -0.2) is 0 Å². The van der Waals surface area contributed by atoms with Gasteiger partial charge in [-0.1, -0.05) is 43.7 Å². The fourth-order valence-corrected chi connectivity index (χ4v) is 2.47. The van der Waals surface area contributed by atoms with Gasteiger partial charge in [0.05, 0.1) is 6.42 Å². The van der Waals surface area contributed by atoms with Gasteiger partial charge in [0.25, 0.3) is 0 Å². The number of amides is 2. The van der Waals surface area contributed by atoms with Crippen molar-refractivity contribution in [3.05, 3.63) is 59.7 Å². The molecule has 2 N–H and O–H groups in total. The number of carbonyl (C=O) groups is 2. The van der Waals surface area contributed by atoms with Crippen LogP contribution in [-0.2, 0) is 22.4 Å². The highest BCUT2D eigenvalue weighted by atomic mass is 16.2. The van der Waals surface area contributed by atoms with E-state index in [0.717, 1.165) is 12.0 Å². The third kappa shape index (κ3) is 5.88. The Hall–Kier alpha value is -2.62. The fraction of sp³-hybridized carbons (Fsp3) is 0.300. The number of nitrogens with one attached hydrogen (secondary N) is 2. The number of aryl methyl sites for hydroxylation is 1. The molecule has 0 spiro atoms. The van der Waals surface area contributed by atoms with Crippen molar-refractivity contribution >= 4 is 23.2 Å². The van der Waals surface area contributed by atoms with Crippen LogP contribution in [0, 0.1) is 0 Å². The molecule has 2 aromatic rings. The van der Waals surface area contributed by atoms with Crippen molar-refractivity contribution in [1.29, 1.82) is 0 Å². The highest BCUT2D eigenvalue weighted by molar-refractivity contribution is 5.94. The maximum absolute atomic E-state index is 12.2. The average molecular weight is 324 g/mol. The van der Waals surface area contributed by atoms with E-state index in [4.69, 9.17) is 0 Å². The smallest absolute Gasteiger partial charge is 0.228 e. The zero-order valence-corrected chi connectivity index (χ0v) is 14.3. The van der Waals surface area contributed by atoms with Gasteiger partial charge in [0.15, 0.2) is 0 Å². The van der Waals surface area contributed by atoms with Crippen LogP contribution >= 0.6 is 0 Å². The van der Waals surface area contributed by atoms with E-state index in [1.54, 1.807) is 24.3 Å². The zero-order chi connectivity index (χ0) is 17.4. The van der Waals surface area contributed by atoms with E-state index in [2.05, 4.69) is 29.7 Å². The van der Waals surface area contributed by atoms with Crippen LogP contribution in [0.4, 0.5) is 11.4 Å². The second-order valence-corrected chi connectivity index (χ2v) is 5.91. The molecule has 4 nitrogen and oxygen atoms in total. The van der Waals surface area contributed by atoms with Gasteiger partial charge >= 0.3 is 0 Å². The van der Waals surface area contributed by atoms with Crippen LogP contribution < -0.4 is 10.6 Å². The van der Waals surface area contributed by atoms with E-state index in [1.165, 1.54) is 25.3 Å². The summed E-state index contributed by atoms with van der Waals surface area (Å²) in [5.41, 5.74) is 3.64. The van der Waals surface area contributed by atoms with Crippen LogP contribution in [0.25, 0.3) is 0 Å². The molecule has 2 aromatic carbocycles. The number of anilines is 2. The maximum Gasteiger partial charge on any atom is 0.228 e. The van der Waals surface area contributed by atoms with E-state index in [9.17, 15) is 9.59 Å². The third-order valence-corrected chi connectivity index (χ3v) is 3.67. The lowest BCUT2D eigenvalue weighted by atomic mass is 10.0. The summed E-state index contributed by atoms with van der Waals surface area (Å²) < 4.78 is 0. The van der Waals surface area contributed by atoms with Crippen molar-refractivity contribution in [1.82, 2.24) is 0 Å². The standard InChI is InChI=1S/C20H24N2O2/c1-3-4-6-16-9-11-17(12-10-16)13-20(24)22-19-8-5-7-18(14-19)21-15(2)23/h5,7-12,14H,3-4,6,13H2,1-2H3,(H,21,23)(H,22,24). The summed E-state index contributed by atoms with van der Waals surface area (Å²) >= 11 is 0. The minimum Gasteiger partial charge on any atom is -0.326 e. The Morgan fingerprint density at radius 2 is 1.54 bits per heavy atom. The van der Waals surface area contributed by atoms with Gasteiger partial charge in [0.2, 0.25) is 11.8 Å². The van der Waals surface area contributed by atoms with Gasteiger partial charge in [0, 0.05) is 18.3 Å². The predicted molar refractivity (Wildman–Crippen MR) is 98.1 cm³/mol. The molecule has 4 heteroatoms. The largest absolute Gasteiger partial charge is 0.326 e. The van der Waals surface area contributed by atoms with Crippen LogP contribution in [0.15, 0.2) is 48.5 Å². The van der Waals surface area contributed by atoms with Crippen molar-refractivity contribution < 1.29 is 9.59 Å². The second-order valence-electron chi connectivity index (χ2n) is 5.91. The van der Waals surface area contributed by atoms with Crippen LogP contribution in [0.5, 0.6) is 0 Å². The van der Waals surface area contributed by atoms with E-state index in [-0.39, 0.29) is 11.8 Å². The van der Waals surface area contributed by atoms with Crippen molar-refractivity contribution in [2.24, 2.45) is 0 Å². The monoisotopic (exact) mass is 324 g/mol. The SMILES string of the molecule is CCCCc1ccc(CC(=O)Nc2cccc(NC(C)=O)c2)cc1. The fourth-order valence-electron chi connectivity index (χ4n) is 2.47. The molecule has 0 aliphatic carbocycles. The quantitative estimate of drug-likeness (QED) is 0.803. The molecule has 0 atom stereocenters. The van der Waals surface area contributed by atoms with Crippen LogP contribution in [0.1, 0.15) is 37.8 Å². The van der Waals surface area contributed by atoms with Gasteiger partial charge in [0.1, 0.15) is 0 Å². The summed E-state index contributed by atoms with van der Waals surface area (Å²) in [5.74, 6) is -0.210. The highest BCUT2D eigenvalue weighted by Gasteiger charge is 2.05. The first-order valence-electron chi connectivity index (χ1n) is 8.32. The number of unbranched alkanes of at least 4 members (excludes halogenated alkanes) is 1. The Bertz CT molecular complexity index is 693. The molecule has 0 saturated carbocycles. The highest BCUT2D eigenvalue weighted by Crippen LogP contribution is 2.16. The van der Waals surface area contributed by atoms with E-state index in [0.29, 0.717) is 17.8 Å². The lowest BCUT2D eigenvalue weighted by Crippen LogP contribution is -2.14. The minimum absolute atomic E-state index is 0.0729. The lowest BCUT2D eigenvalue weighted by molar-refractivity contribution is -0.115. The lowest BCUT2D eigenvalue weighted by Gasteiger charge is -2.08. The summed E-state index contributed by atoms with van der Waals surface area (Å²) in [6, 6.07) is 15.3. The number of hydrogen-bond acceptors (Lipinski definition) is 2. The molecule has 0 saturated heterocycles. The topological polar surface area (TPSA) is 58.2 Å². The summed E-state index contributed by atoms with van der Waals surface area (Å²) in [6.07, 6.45) is 3.78. The summed E-state index contributed by atoms with van der Waals surface area (Å²) in [7, 11) is 0. The van der Waals surface area contributed by atoms with E-state index >= 15 is 0 Å². The van der Waals surface area contributed by atoms with Crippen molar-refractivity contribution in [2.75, 3.05) is 10.6 Å². The number of rotatable bonds is 7. The van der Waals surface area contributed by atoms with E-state index < -0.39 is 0 Å². The van der Waals surface area contributed by atoms with Crippen molar-refractivity contribution in [2.45, 2.75) is 39.5 Å². The Morgan fingerprint density at radius 1 is 0.917 bits per heavy atom. The van der Waals surface area contributed by atoms with Crippen molar-refractivity contribution in [3.8, 4) is 0 Å². The Labute approximate surface area is 143 Å². The second kappa shape index (κ2) is 8.87. The molecule has 2 amide bonds. The number of hydrogen-bond donors (Lipinski definition) is 2. The summed E-state index contributed by atoms with van der Waals surface area (Å²) in [5, 5.41) is 5.56. The number of benzene rings is 2. The Morgan fingerprint density at radius 3 is 2.17 bits per heavy atom. The molecule has 0 aliphatic heterocycles. The van der Waals surface area contributed by atoms with Gasteiger partial charge in [-0.3, -0.25) is 9.59 Å². The van der Waals surface area contributed by atoms with Crippen LogP contribution in [0.2, 0.25) is 0 Å². The molecule has 126 valence electrons. The average Bonchev–Trinajstić information content (AvgIpc) is 2.54. The molecule has 2 rings (SSSR count). The molecule has 0 heterocycles. The van der Waals surface area contributed by atoms with Crippen LogP contribution in [0.3, 0.4) is 0 Å². The molecule has 0 aromatic heterocycles. The molecule has 0 aliphatic rings.